The van der Waals surface area contributed by atoms with Crippen LogP contribution in [0.3, 0.4) is 0 Å². The minimum absolute atomic E-state index is 0.102. The molecule has 1 aliphatic heterocycles. The van der Waals surface area contributed by atoms with Crippen molar-refractivity contribution in [3.8, 4) is 11.4 Å². The predicted molar refractivity (Wildman–Crippen MR) is 124 cm³/mol. The van der Waals surface area contributed by atoms with E-state index in [1.807, 2.05) is 11.5 Å². The molecule has 174 valence electrons. The number of benzene rings is 1. The van der Waals surface area contributed by atoms with Gasteiger partial charge in [-0.3, -0.25) is 9.36 Å². The molecule has 2 atom stereocenters. The van der Waals surface area contributed by atoms with Gasteiger partial charge in [0.25, 0.3) is 0 Å². The SMILES string of the molecule is CCN(C(=O)C(C)Sc1nnc(-c2ccc(F)cc2)n1CC1CCCO1)C1CCCCC1. The largest absolute Gasteiger partial charge is 0.376 e. The second-order valence-electron chi connectivity index (χ2n) is 8.73. The summed E-state index contributed by atoms with van der Waals surface area (Å²) >= 11 is 1.46. The summed E-state index contributed by atoms with van der Waals surface area (Å²) in [7, 11) is 0. The lowest BCUT2D eigenvalue weighted by Gasteiger charge is -2.35. The van der Waals surface area contributed by atoms with Gasteiger partial charge in [-0.1, -0.05) is 31.0 Å². The molecule has 1 aliphatic carbocycles. The number of hydrogen-bond donors (Lipinski definition) is 0. The van der Waals surface area contributed by atoms with Crippen molar-refractivity contribution in [3.63, 3.8) is 0 Å². The van der Waals surface area contributed by atoms with E-state index < -0.39 is 0 Å². The van der Waals surface area contributed by atoms with Crippen molar-refractivity contribution in [2.75, 3.05) is 13.2 Å². The van der Waals surface area contributed by atoms with Crippen molar-refractivity contribution >= 4 is 17.7 Å². The van der Waals surface area contributed by atoms with Crippen molar-refractivity contribution in [3.05, 3.63) is 30.1 Å². The smallest absolute Gasteiger partial charge is 0.236 e. The number of rotatable bonds is 8. The molecule has 0 N–H and O–H groups in total. The highest BCUT2D eigenvalue weighted by molar-refractivity contribution is 8.00. The number of carbonyl (C=O) groups is 1. The van der Waals surface area contributed by atoms with Gasteiger partial charge in [0, 0.05) is 24.8 Å². The number of hydrogen-bond acceptors (Lipinski definition) is 5. The van der Waals surface area contributed by atoms with Crippen molar-refractivity contribution in [2.45, 2.75) is 87.9 Å². The Morgan fingerprint density at radius 2 is 1.94 bits per heavy atom. The van der Waals surface area contributed by atoms with E-state index in [4.69, 9.17) is 4.74 Å². The van der Waals surface area contributed by atoms with Gasteiger partial charge in [-0.15, -0.1) is 10.2 Å². The Bertz CT molecular complexity index is 892. The van der Waals surface area contributed by atoms with Crippen molar-refractivity contribution in [2.24, 2.45) is 0 Å². The summed E-state index contributed by atoms with van der Waals surface area (Å²) in [6, 6.07) is 6.65. The Hall–Kier alpha value is -1.93. The van der Waals surface area contributed by atoms with Crippen LogP contribution >= 0.6 is 11.8 Å². The van der Waals surface area contributed by atoms with Crippen molar-refractivity contribution < 1.29 is 13.9 Å². The van der Waals surface area contributed by atoms with Crippen LogP contribution in [0, 0.1) is 5.82 Å². The van der Waals surface area contributed by atoms with Crippen LogP contribution in [0.1, 0.15) is 58.8 Å². The average molecular weight is 461 g/mol. The molecule has 4 rings (SSSR count). The van der Waals surface area contributed by atoms with Gasteiger partial charge in [-0.25, -0.2) is 4.39 Å². The van der Waals surface area contributed by atoms with Gasteiger partial charge in [0.2, 0.25) is 5.91 Å². The number of carbonyl (C=O) groups excluding carboxylic acids is 1. The van der Waals surface area contributed by atoms with Crippen LogP contribution in [-0.2, 0) is 16.1 Å². The van der Waals surface area contributed by atoms with Crippen LogP contribution in [0.4, 0.5) is 4.39 Å². The highest BCUT2D eigenvalue weighted by atomic mass is 32.2. The molecule has 1 amide bonds. The maximum Gasteiger partial charge on any atom is 0.236 e. The molecule has 2 aliphatic rings. The van der Waals surface area contributed by atoms with E-state index >= 15 is 0 Å². The fourth-order valence-corrected chi connectivity index (χ4v) is 5.70. The highest BCUT2D eigenvalue weighted by Gasteiger charge is 2.30. The summed E-state index contributed by atoms with van der Waals surface area (Å²) in [6.45, 7) is 6.15. The summed E-state index contributed by atoms with van der Waals surface area (Å²) in [5, 5.41) is 9.30. The zero-order valence-electron chi connectivity index (χ0n) is 19.0. The fourth-order valence-electron chi connectivity index (χ4n) is 4.77. The molecule has 1 aromatic carbocycles. The van der Waals surface area contributed by atoms with Crippen LogP contribution in [0.25, 0.3) is 11.4 Å². The van der Waals surface area contributed by atoms with Gasteiger partial charge in [-0.2, -0.15) is 0 Å². The number of halogens is 1. The molecule has 1 saturated heterocycles. The summed E-state index contributed by atoms with van der Waals surface area (Å²) < 4.78 is 21.3. The first-order valence-electron chi connectivity index (χ1n) is 11.8. The first-order chi connectivity index (χ1) is 15.6. The Morgan fingerprint density at radius 1 is 1.19 bits per heavy atom. The monoisotopic (exact) mass is 460 g/mol. The number of nitrogens with zero attached hydrogens (tertiary/aromatic N) is 4. The molecule has 8 heteroatoms. The normalized spacial score (nSPS) is 20.4. The second kappa shape index (κ2) is 10.8. The second-order valence-corrected chi connectivity index (χ2v) is 10.0. The maximum atomic E-state index is 13.5. The van der Waals surface area contributed by atoms with Crippen LogP contribution in [-0.4, -0.2) is 56.1 Å². The van der Waals surface area contributed by atoms with Gasteiger partial charge < -0.3 is 9.64 Å². The van der Waals surface area contributed by atoms with Crippen molar-refractivity contribution in [1.29, 1.82) is 0 Å². The third-order valence-corrected chi connectivity index (χ3v) is 7.57. The Morgan fingerprint density at radius 3 is 2.59 bits per heavy atom. The molecule has 2 unspecified atom stereocenters. The number of aromatic nitrogens is 3. The van der Waals surface area contributed by atoms with Crippen LogP contribution in [0.15, 0.2) is 29.4 Å². The van der Waals surface area contributed by atoms with E-state index in [9.17, 15) is 9.18 Å². The van der Waals surface area contributed by atoms with E-state index in [1.54, 1.807) is 12.1 Å². The molecule has 1 aromatic heterocycles. The van der Waals surface area contributed by atoms with E-state index in [-0.39, 0.29) is 23.1 Å². The molecule has 0 spiro atoms. The molecule has 2 heterocycles. The average Bonchev–Trinajstić information content (AvgIpc) is 3.46. The highest BCUT2D eigenvalue weighted by Crippen LogP contribution is 2.31. The lowest BCUT2D eigenvalue weighted by Crippen LogP contribution is -2.44. The summed E-state index contributed by atoms with van der Waals surface area (Å²) in [4.78, 5) is 15.4. The zero-order chi connectivity index (χ0) is 22.5. The molecular weight excluding hydrogens is 427 g/mol. The molecule has 1 saturated carbocycles. The third-order valence-electron chi connectivity index (χ3n) is 6.50. The molecule has 6 nitrogen and oxygen atoms in total. The standard InChI is InChI=1S/C24H33FN4O2S/c1-3-28(20-8-5-4-6-9-20)23(30)17(2)32-24-27-26-22(18-11-13-19(25)14-12-18)29(24)16-21-10-7-15-31-21/h11-14,17,20-21H,3-10,15-16H2,1-2H3. The van der Waals surface area contributed by atoms with E-state index in [0.29, 0.717) is 23.6 Å². The quantitative estimate of drug-likeness (QED) is 0.523. The van der Waals surface area contributed by atoms with Gasteiger partial charge in [-0.05, 0) is 63.8 Å². The first kappa shape index (κ1) is 23.2. The summed E-state index contributed by atoms with van der Waals surface area (Å²) in [5.41, 5.74) is 0.806. The fraction of sp³-hybridized carbons (Fsp3) is 0.625. The van der Waals surface area contributed by atoms with E-state index in [0.717, 1.165) is 44.4 Å². The number of thioether (sulfide) groups is 1. The Labute approximate surface area is 193 Å². The van der Waals surface area contributed by atoms with Crippen LogP contribution < -0.4 is 0 Å². The van der Waals surface area contributed by atoms with Gasteiger partial charge in [0.15, 0.2) is 11.0 Å². The Balaban J connectivity index is 1.54. The topological polar surface area (TPSA) is 60.2 Å². The van der Waals surface area contributed by atoms with Gasteiger partial charge >= 0.3 is 0 Å². The van der Waals surface area contributed by atoms with E-state index in [2.05, 4.69) is 22.0 Å². The lowest BCUT2D eigenvalue weighted by molar-refractivity contribution is -0.133. The molecule has 2 aromatic rings. The van der Waals surface area contributed by atoms with Crippen LogP contribution in [0.2, 0.25) is 0 Å². The third kappa shape index (κ3) is 5.34. The van der Waals surface area contributed by atoms with Gasteiger partial charge in [0.05, 0.1) is 17.9 Å². The lowest BCUT2D eigenvalue weighted by atomic mass is 9.94. The molecule has 0 bridgehead atoms. The molecule has 2 fully saturated rings. The molecular formula is C24H33FN4O2S. The predicted octanol–water partition coefficient (Wildman–Crippen LogP) is 4.93. The first-order valence-corrected chi connectivity index (χ1v) is 12.7. The van der Waals surface area contributed by atoms with E-state index in [1.165, 1.54) is 43.2 Å². The Kier molecular flexibility index (Phi) is 7.84. The summed E-state index contributed by atoms with van der Waals surface area (Å²) in [6.07, 6.45) is 8.00. The molecule has 0 radical (unpaired) electrons. The zero-order valence-corrected chi connectivity index (χ0v) is 19.8. The minimum atomic E-state index is -0.282. The summed E-state index contributed by atoms with van der Waals surface area (Å²) in [5.74, 6) is 0.566. The van der Waals surface area contributed by atoms with Crippen molar-refractivity contribution in [1.82, 2.24) is 19.7 Å². The molecule has 32 heavy (non-hydrogen) atoms. The van der Waals surface area contributed by atoms with Crippen LogP contribution in [0.5, 0.6) is 0 Å². The number of amides is 1. The minimum Gasteiger partial charge on any atom is -0.376 e. The van der Waals surface area contributed by atoms with Gasteiger partial charge in [0.1, 0.15) is 5.82 Å². The number of ether oxygens (including phenoxy) is 1. The maximum absolute atomic E-state index is 13.5.